The Balaban J connectivity index is 0.000000151. The van der Waals surface area contributed by atoms with Crippen LogP contribution in [0.4, 0.5) is 0 Å². The lowest BCUT2D eigenvalue weighted by atomic mass is 9.82. The van der Waals surface area contributed by atoms with E-state index >= 15 is 0 Å². The molecule has 8 saturated carbocycles. The van der Waals surface area contributed by atoms with Crippen molar-refractivity contribution in [1.82, 2.24) is 0 Å². The average Bonchev–Trinajstić information content (AvgIpc) is 1.69. The highest BCUT2D eigenvalue weighted by Gasteiger charge is 2.55. The second-order valence-electron chi connectivity index (χ2n) is 29.8. The van der Waals surface area contributed by atoms with Crippen molar-refractivity contribution in [3.8, 4) is 0 Å². The van der Waals surface area contributed by atoms with Crippen molar-refractivity contribution in [3.05, 3.63) is 160 Å². The van der Waals surface area contributed by atoms with Crippen LogP contribution in [0, 0.1) is 47.3 Å². The van der Waals surface area contributed by atoms with Gasteiger partial charge in [-0.05, 0) is 270 Å². The Morgan fingerprint density at radius 2 is 0.670 bits per heavy atom. The van der Waals surface area contributed by atoms with Crippen LogP contribution in [0.25, 0.3) is 0 Å². The Kier molecular flexibility index (Phi) is 23.7. The van der Waals surface area contributed by atoms with Crippen molar-refractivity contribution in [2.45, 2.75) is 219 Å². The van der Waals surface area contributed by atoms with Crippen LogP contribution in [0.15, 0.2) is 130 Å². The number of fused-ring (bicyclic) bond motifs is 8. The molecule has 0 spiro atoms. The largest absolute Gasteiger partial charge is 0.691 e. The van der Waals surface area contributed by atoms with Crippen LogP contribution in [0.5, 0.6) is 0 Å². The monoisotopic (exact) mass is 1430 g/mol. The standard InChI is InChI=1S/C26H34O7S.C26H26O7S.C24H30O7S/c1-3-25(14-16-5-7-20(25)9-16)30-23(27)18-11-19(13-22(12-18)34-33-32-29)24(28)31-26(4-2)15-17-6-8-21(26)10-17;1-25(2,20-11-7-5-8-12-20)30-23(27)18-15-19(17-22(16-18)34-33-32-29)24(28)31-26(3,4)21-13-9-6-10-14-21;1-23(12-14-3-5-18(23)7-14)28-21(25)16-9-17(11-20(10-16)32-31-30-27)22(26)29-24(2)13-15-4-6-19(24)8-15/h11-13,16-17,20-21,29H,3-10,14-15H2,1-2H3;5-17,29H,1-4H3;9-11,14-15,18-19,27H,3-8,12-13H2,1-2H3/p-3. The van der Waals surface area contributed by atoms with E-state index in [-0.39, 0.29) is 38.3 Å². The van der Waals surface area contributed by atoms with Gasteiger partial charge in [0.05, 0.1) is 69.5 Å². The number of hydrogen-bond donors (Lipinski definition) is 0. The molecule has 0 N–H and O–H groups in total. The van der Waals surface area contributed by atoms with Gasteiger partial charge in [0.25, 0.3) is 0 Å². The Morgan fingerprint density at radius 3 is 0.920 bits per heavy atom. The van der Waals surface area contributed by atoms with E-state index < -0.39 is 69.4 Å². The van der Waals surface area contributed by atoms with Crippen LogP contribution in [-0.2, 0) is 67.7 Å². The van der Waals surface area contributed by atoms with Gasteiger partial charge in [-0.15, -0.1) is 0 Å². The fourth-order valence-electron chi connectivity index (χ4n) is 17.6. The molecule has 24 heteroatoms. The predicted molar refractivity (Wildman–Crippen MR) is 359 cm³/mol. The smallest absolute Gasteiger partial charge is 0.339 e. The van der Waals surface area contributed by atoms with Gasteiger partial charge in [-0.2, -0.15) is 13.0 Å². The molecule has 0 aliphatic heterocycles. The maximum Gasteiger partial charge on any atom is 0.339 e. The first-order valence-electron chi connectivity index (χ1n) is 34.7. The topological polar surface area (TPSA) is 282 Å². The second kappa shape index (κ2) is 31.7. The van der Waals surface area contributed by atoms with E-state index in [1.807, 2.05) is 74.5 Å². The van der Waals surface area contributed by atoms with Crippen molar-refractivity contribution in [3.63, 3.8) is 0 Å². The molecule has 8 bridgehead atoms. The third-order valence-corrected chi connectivity index (χ3v) is 24.4. The molecule has 8 aliphatic carbocycles. The molecule has 12 unspecified atom stereocenters. The van der Waals surface area contributed by atoms with Gasteiger partial charge in [0.1, 0.15) is 33.6 Å². The zero-order valence-corrected chi connectivity index (χ0v) is 60.1. The van der Waals surface area contributed by atoms with E-state index in [4.69, 9.17) is 28.4 Å². The van der Waals surface area contributed by atoms with Gasteiger partial charge in [0.15, 0.2) is 0 Å². The fraction of sp³-hybridized carbons (Fsp3) is 0.526. The van der Waals surface area contributed by atoms with Crippen molar-refractivity contribution < 1.29 is 101 Å². The second-order valence-corrected chi connectivity index (χ2v) is 32.1. The Bertz CT molecular complexity index is 3540. The van der Waals surface area contributed by atoms with E-state index in [9.17, 15) is 44.5 Å². The fourth-order valence-corrected chi connectivity index (χ4v) is 19.0. The van der Waals surface area contributed by atoms with Crippen LogP contribution >= 0.6 is 36.1 Å². The molecule has 13 rings (SSSR count). The molecule has 0 radical (unpaired) electrons. The van der Waals surface area contributed by atoms with Crippen molar-refractivity contribution in [1.29, 1.82) is 0 Å². The van der Waals surface area contributed by atoms with Crippen LogP contribution in [0.3, 0.4) is 0 Å². The molecule has 0 saturated heterocycles. The highest BCUT2D eigenvalue weighted by atomic mass is 32.2. The minimum absolute atomic E-state index is 0.0907. The molecule has 5 aromatic rings. The molecule has 0 amide bonds. The summed E-state index contributed by atoms with van der Waals surface area (Å²) >= 11 is 1.86. The Hall–Kier alpha value is -6.39. The molecular weight excluding hydrogens is 1350 g/mol. The number of carbonyl (C=O) groups is 6. The van der Waals surface area contributed by atoms with E-state index in [0.29, 0.717) is 93.3 Å². The van der Waals surface area contributed by atoms with Crippen LogP contribution in [0.1, 0.15) is 244 Å². The number of esters is 6. The van der Waals surface area contributed by atoms with Gasteiger partial charge in [0, 0.05) is 14.7 Å². The van der Waals surface area contributed by atoms with Gasteiger partial charge in [-0.25, -0.2) is 28.8 Å². The summed E-state index contributed by atoms with van der Waals surface area (Å²) in [5, 5.41) is 41.3. The molecule has 21 nitrogen and oxygen atoms in total. The number of rotatable bonds is 25. The molecule has 5 aromatic carbocycles. The number of carbonyl (C=O) groups excluding carboxylic acids is 6. The lowest BCUT2D eigenvalue weighted by molar-refractivity contribution is -0.777. The summed E-state index contributed by atoms with van der Waals surface area (Å²) < 4.78 is 49.0. The molecule has 0 aromatic heterocycles. The summed E-state index contributed by atoms with van der Waals surface area (Å²) in [5.74, 6) is 0.855. The summed E-state index contributed by atoms with van der Waals surface area (Å²) in [6.07, 6.45) is 18.7. The summed E-state index contributed by atoms with van der Waals surface area (Å²) in [5.41, 5.74) is -0.911. The lowest BCUT2D eigenvalue weighted by Crippen LogP contribution is -2.40. The molecule has 0 heterocycles. The highest BCUT2D eigenvalue weighted by Crippen LogP contribution is 2.57. The minimum atomic E-state index is -0.925. The molecular formula is C76H87O21S3-3. The predicted octanol–water partition coefficient (Wildman–Crippen LogP) is 14.7. The van der Waals surface area contributed by atoms with E-state index in [1.165, 1.54) is 49.9 Å². The van der Waals surface area contributed by atoms with Crippen LogP contribution in [-0.4, -0.2) is 58.2 Å². The number of hydrogen-bond acceptors (Lipinski definition) is 24. The average molecular weight is 1430 g/mol. The molecule has 100 heavy (non-hydrogen) atoms. The molecule has 538 valence electrons. The normalized spacial score (nSPS) is 27.9. The van der Waals surface area contributed by atoms with Gasteiger partial charge in [0.2, 0.25) is 0 Å². The first-order chi connectivity index (χ1) is 47.8. The SMILES string of the molecule is CC(C)(OC(=O)c1cc(SOO[O-])cc(C(=O)OC(C)(C)c2ccccc2)c1)c1ccccc1.CC1(OC(=O)c2cc(SOO[O-])cc(C(=O)OC3(C)CC4CCC3C4)c2)CC2CCC1C2.CCC1(OC(=O)c2cc(SOO[O-])cc(C(=O)OC3(CC)CC4CCC3C4)c2)CC2CCC1C2. The zero-order valence-electron chi connectivity index (χ0n) is 57.6. The number of benzene rings is 5. The van der Waals surface area contributed by atoms with Gasteiger partial charge >= 0.3 is 35.8 Å². The van der Waals surface area contributed by atoms with Crippen molar-refractivity contribution in [2.75, 3.05) is 0 Å². The van der Waals surface area contributed by atoms with Gasteiger partial charge in [-0.1, -0.05) is 74.5 Å². The summed E-state index contributed by atoms with van der Waals surface area (Å²) in [6.45, 7) is 15.2. The first kappa shape index (κ1) is 74.8. The maximum atomic E-state index is 13.3. The summed E-state index contributed by atoms with van der Waals surface area (Å²) in [7, 11) is 0. The maximum absolute atomic E-state index is 13.3. The van der Waals surface area contributed by atoms with Gasteiger partial charge in [-0.3, -0.25) is 15.1 Å². The summed E-state index contributed by atoms with van der Waals surface area (Å²) in [6, 6.07) is 32.1. The molecule has 8 fully saturated rings. The van der Waals surface area contributed by atoms with Crippen molar-refractivity contribution in [2.24, 2.45) is 47.3 Å². The van der Waals surface area contributed by atoms with Crippen LogP contribution < -0.4 is 15.8 Å². The number of ether oxygens (including phenoxy) is 6. The van der Waals surface area contributed by atoms with Crippen LogP contribution in [0.2, 0.25) is 0 Å². The molecule has 12 atom stereocenters. The zero-order chi connectivity index (χ0) is 71.2. The first-order valence-corrected chi connectivity index (χ1v) is 36.9. The lowest BCUT2D eigenvalue weighted by Gasteiger charge is -2.37. The quantitative estimate of drug-likeness (QED) is 0.0172. The molecule has 8 aliphatic rings. The highest BCUT2D eigenvalue weighted by molar-refractivity contribution is 7.95. The van der Waals surface area contributed by atoms with E-state index in [1.54, 1.807) is 58.0 Å². The summed E-state index contributed by atoms with van der Waals surface area (Å²) in [4.78, 5) is 79.9. The third kappa shape index (κ3) is 17.1. The Morgan fingerprint density at radius 1 is 0.390 bits per heavy atom. The minimum Gasteiger partial charge on any atom is -0.691 e. The van der Waals surface area contributed by atoms with E-state index in [0.717, 1.165) is 101 Å². The Labute approximate surface area is 596 Å². The van der Waals surface area contributed by atoms with Crippen molar-refractivity contribution >= 4 is 71.9 Å². The third-order valence-electron chi connectivity index (χ3n) is 22.7. The van der Waals surface area contributed by atoms with E-state index in [2.05, 4.69) is 42.0 Å². The van der Waals surface area contributed by atoms with Gasteiger partial charge < -0.3 is 44.2 Å².